The number of amides is 1. The number of rotatable bonds is 8. The van der Waals surface area contributed by atoms with E-state index in [0.29, 0.717) is 44.9 Å². The summed E-state index contributed by atoms with van der Waals surface area (Å²) in [4.78, 5) is 13.8. The molecule has 1 aromatic rings. The number of carbonyl (C=O) groups excluding carboxylic acids is 1. The van der Waals surface area contributed by atoms with Gasteiger partial charge in [-0.2, -0.15) is 0 Å². The Bertz CT molecular complexity index is 470. The maximum Gasteiger partial charge on any atom is 0.222 e. The molecule has 6 heteroatoms. The van der Waals surface area contributed by atoms with Crippen LogP contribution in [0.5, 0.6) is 11.5 Å². The summed E-state index contributed by atoms with van der Waals surface area (Å²) >= 11 is 0. The number of phenols is 1. The van der Waals surface area contributed by atoms with Crippen LogP contribution in [0.2, 0.25) is 0 Å². The topological polar surface area (TPSA) is 79.2 Å². The second-order valence-electron chi connectivity index (χ2n) is 5.70. The van der Waals surface area contributed by atoms with E-state index in [9.17, 15) is 15.0 Å². The summed E-state index contributed by atoms with van der Waals surface area (Å²) in [5.74, 6) is 0.968. The number of hydrogen-bond donors (Lipinski definition) is 2. The smallest absolute Gasteiger partial charge is 0.222 e. The van der Waals surface area contributed by atoms with Gasteiger partial charge in [0.05, 0.1) is 19.3 Å². The molecule has 1 atom stereocenters. The first kappa shape index (κ1) is 17.6. The minimum Gasteiger partial charge on any atom is -0.508 e. The van der Waals surface area contributed by atoms with E-state index in [0.717, 1.165) is 12.8 Å². The Morgan fingerprint density at radius 2 is 1.91 bits per heavy atom. The zero-order valence-electron chi connectivity index (χ0n) is 13.3. The van der Waals surface area contributed by atoms with Crippen molar-refractivity contribution in [1.29, 1.82) is 0 Å². The highest BCUT2D eigenvalue weighted by Gasteiger charge is 2.16. The highest BCUT2D eigenvalue weighted by Crippen LogP contribution is 2.16. The summed E-state index contributed by atoms with van der Waals surface area (Å²) in [7, 11) is 0. The van der Waals surface area contributed by atoms with Crippen molar-refractivity contribution in [3.8, 4) is 11.5 Å². The molecule has 1 aliphatic rings. The van der Waals surface area contributed by atoms with Gasteiger partial charge in [0.1, 0.15) is 18.1 Å². The first-order valence-electron chi connectivity index (χ1n) is 8.10. The second-order valence-corrected chi connectivity index (χ2v) is 5.70. The Hall–Kier alpha value is -1.79. The molecule has 0 aromatic heterocycles. The number of aliphatic hydroxyl groups is 1. The number of phenolic OH excluding ortho intramolecular Hbond substituents is 1. The van der Waals surface area contributed by atoms with Gasteiger partial charge in [-0.05, 0) is 37.1 Å². The van der Waals surface area contributed by atoms with Gasteiger partial charge in [0.2, 0.25) is 5.91 Å². The molecular formula is C17H25NO5. The molecule has 1 amide bonds. The van der Waals surface area contributed by atoms with Crippen LogP contribution in [0.3, 0.4) is 0 Å². The number of aliphatic hydroxyl groups excluding tert-OH is 1. The van der Waals surface area contributed by atoms with E-state index in [2.05, 4.69) is 0 Å². The quantitative estimate of drug-likeness (QED) is 0.710. The van der Waals surface area contributed by atoms with Gasteiger partial charge >= 0.3 is 0 Å². The standard InChI is InChI=1S/C17H25NO5/c19-14-5-7-16(8-6-14)23-13-15(20)3-1-2-4-17(21)18-9-11-22-12-10-18/h5-8,15,19-20H,1-4,9-13H2/t15-/m0/s1. The van der Waals surface area contributed by atoms with Crippen molar-refractivity contribution in [3.05, 3.63) is 24.3 Å². The minimum absolute atomic E-state index is 0.170. The molecule has 0 saturated carbocycles. The maximum absolute atomic E-state index is 11.9. The molecule has 2 N–H and O–H groups in total. The van der Waals surface area contributed by atoms with Gasteiger partial charge in [-0.1, -0.05) is 6.42 Å². The van der Waals surface area contributed by atoms with E-state index < -0.39 is 6.10 Å². The molecule has 0 spiro atoms. The fourth-order valence-electron chi connectivity index (χ4n) is 2.45. The van der Waals surface area contributed by atoms with Crippen molar-refractivity contribution in [1.82, 2.24) is 4.90 Å². The Morgan fingerprint density at radius 3 is 2.61 bits per heavy atom. The summed E-state index contributed by atoms with van der Waals surface area (Å²) < 4.78 is 10.7. The average Bonchev–Trinajstić information content (AvgIpc) is 2.59. The number of nitrogens with zero attached hydrogens (tertiary/aromatic N) is 1. The molecule has 23 heavy (non-hydrogen) atoms. The summed E-state index contributed by atoms with van der Waals surface area (Å²) in [5, 5.41) is 19.1. The molecule has 0 aliphatic carbocycles. The van der Waals surface area contributed by atoms with E-state index in [1.165, 1.54) is 0 Å². The van der Waals surface area contributed by atoms with Crippen molar-refractivity contribution in [3.63, 3.8) is 0 Å². The third kappa shape index (κ3) is 6.46. The number of benzene rings is 1. The third-order valence-electron chi connectivity index (χ3n) is 3.82. The largest absolute Gasteiger partial charge is 0.508 e. The maximum atomic E-state index is 11.9. The first-order valence-corrected chi connectivity index (χ1v) is 8.10. The van der Waals surface area contributed by atoms with Gasteiger partial charge in [-0.3, -0.25) is 4.79 Å². The third-order valence-corrected chi connectivity index (χ3v) is 3.82. The monoisotopic (exact) mass is 323 g/mol. The van der Waals surface area contributed by atoms with Gasteiger partial charge in [0.15, 0.2) is 0 Å². The van der Waals surface area contributed by atoms with Crippen molar-refractivity contribution in [2.45, 2.75) is 31.8 Å². The van der Waals surface area contributed by atoms with Crippen molar-refractivity contribution in [2.24, 2.45) is 0 Å². The predicted octanol–water partition coefficient (Wildman–Crippen LogP) is 1.55. The first-order chi connectivity index (χ1) is 11.1. The molecule has 0 bridgehead atoms. The number of unbranched alkanes of at least 4 members (excludes halogenated alkanes) is 1. The van der Waals surface area contributed by atoms with Crippen LogP contribution in [0, 0.1) is 0 Å². The Balaban J connectivity index is 1.54. The number of aromatic hydroxyl groups is 1. The summed E-state index contributed by atoms with van der Waals surface area (Å²) in [5.41, 5.74) is 0. The van der Waals surface area contributed by atoms with Gasteiger partial charge in [0, 0.05) is 19.5 Å². The molecular weight excluding hydrogens is 298 g/mol. The number of hydrogen-bond acceptors (Lipinski definition) is 5. The Labute approximate surface area is 136 Å². The van der Waals surface area contributed by atoms with Crippen LogP contribution >= 0.6 is 0 Å². The molecule has 2 rings (SSSR count). The molecule has 0 unspecified atom stereocenters. The molecule has 6 nitrogen and oxygen atoms in total. The van der Waals surface area contributed by atoms with Crippen LogP contribution in [0.4, 0.5) is 0 Å². The fraction of sp³-hybridized carbons (Fsp3) is 0.588. The highest BCUT2D eigenvalue weighted by molar-refractivity contribution is 5.76. The number of morpholine rings is 1. The minimum atomic E-state index is -0.553. The van der Waals surface area contributed by atoms with Crippen LogP contribution in [0.15, 0.2) is 24.3 Å². The van der Waals surface area contributed by atoms with E-state index in [1.54, 1.807) is 24.3 Å². The molecule has 1 saturated heterocycles. The zero-order valence-corrected chi connectivity index (χ0v) is 13.3. The summed E-state index contributed by atoms with van der Waals surface area (Å²) in [6.07, 6.45) is 2.13. The molecule has 1 aromatic carbocycles. The fourth-order valence-corrected chi connectivity index (χ4v) is 2.45. The molecule has 1 aliphatic heterocycles. The van der Waals surface area contributed by atoms with Crippen LogP contribution in [0.1, 0.15) is 25.7 Å². The van der Waals surface area contributed by atoms with E-state index >= 15 is 0 Å². The van der Waals surface area contributed by atoms with Gasteiger partial charge in [-0.25, -0.2) is 0 Å². The summed E-state index contributed by atoms with van der Waals surface area (Å²) in [6, 6.07) is 6.39. The lowest BCUT2D eigenvalue weighted by molar-refractivity contribution is -0.135. The van der Waals surface area contributed by atoms with Crippen LogP contribution < -0.4 is 4.74 Å². The lowest BCUT2D eigenvalue weighted by Gasteiger charge is -2.26. The van der Waals surface area contributed by atoms with E-state index in [4.69, 9.17) is 9.47 Å². The van der Waals surface area contributed by atoms with Gasteiger partial charge in [0.25, 0.3) is 0 Å². The lowest BCUT2D eigenvalue weighted by atomic mass is 10.1. The van der Waals surface area contributed by atoms with Crippen LogP contribution in [-0.4, -0.2) is 60.0 Å². The van der Waals surface area contributed by atoms with E-state index in [1.807, 2.05) is 4.90 Å². The average molecular weight is 323 g/mol. The Morgan fingerprint density at radius 1 is 1.22 bits per heavy atom. The second kappa shape index (κ2) is 9.37. The summed E-state index contributed by atoms with van der Waals surface area (Å²) in [6.45, 7) is 2.82. The molecule has 0 radical (unpaired) electrons. The van der Waals surface area contributed by atoms with E-state index in [-0.39, 0.29) is 18.3 Å². The Kier molecular flexibility index (Phi) is 7.16. The SMILES string of the molecule is O=C(CCCC[C@H](O)COc1ccc(O)cc1)N1CCOCC1. The molecule has 128 valence electrons. The highest BCUT2D eigenvalue weighted by atomic mass is 16.5. The molecule has 1 fully saturated rings. The van der Waals surface area contributed by atoms with Crippen molar-refractivity contribution >= 4 is 5.91 Å². The lowest BCUT2D eigenvalue weighted by Crippen LogP contribution is -2.40. The van der Waals surface area contributed by atoms with Crippen LogP contribution in [-0.2, 0) is 9.53 Å². The van der Waals surface area contributed by atoms with Crippen molar-refractivity contribution < 1.29 is 24.5 Å². The molecule has 1 heterocycles. The zero-order chi connectivity index (χ0) is 16.5. The normalized spacial score (nSPS) is 16.1. The predicted molar refractivity (Wildman–Crippen MR) is 85.5 cm³/mol. The van der Waals surface area contributed by atoms with Crippen molar-refractivity contribution in [2.75, 3.05) is 32.9 Å². The number of ether oxygens (including phenoxy) is 2. The van der Waals surface area contributed by atoms with Gasteiger partial charge < -0.3 is 24.6 Å². The van der Waals surface area contributed by atoms with Crippen LogP contribution in [0.25, 0.3) is 0 Å². The van der Waals surface area contributed by atoms with Gasteiger partial charge in [-0.15, -0.1) is 0 Å². The number of carbonyl (C=O) groups is 1.